The van der Waals surface area contributed by atoms with Crippen LogP contribution in [0.25, 0.3) is 21.9 Å². The summed E-state index contributed by atoms with van der Waals surface area (Å²) in [7, 11) is -4.06. The van der Waals surface area contributed by atoms with E-state index in [1.54, 1.807) is 52.0 Å². The van der Waals surface area contributed by atoms with Gasteiger partial charge in [-0.3, -0.25) is 9.32 Å². The summed E-state index contributed by atoms with van der Waals surface area (Å²) in [6, 6.07) is 15.4. The molecule has 2 aromatic carbocycles. The third-order valence-electron chi connectivity index (χ3n) is 6.01. The molecule has 0 aliphatic heterocycles. The van der Waals surface area contributed by atoms with E-state index in [1.807, 2.05) is 41.8 Å². The monoisotopic (exact) mass is 568 g/mol. The van der Waals surface area contributed by atoms with Gasteiger partial charge in [0.1, 0.15) is 23.1 Å². The molecule has 11 nitrogen and oxygen atoms in total. The van der Waals surface area contributed by atoms with Crippen molar-refractivity contribution in [3.05, 3.63) is 60.4 Å². The van der Waals surface area contributed by atoms with Crippen molar-refractivity contribution in [3.8, 4) is 5.75 Å². The fourth-order valence-electron chi connectivity index (χ4n) is 4.32. The van der Waals surface area contributed by atoms with Crippen LogP contribution in [0.3, 0.4) is 0 Å². The smallest absolute Gasteiger partial charge is 0.459 e. The predicted molar refractivity (Wildman–Crippen MR) is 156 cm³/mol. The summed E-state index contributed by atoms with van der Waals surface area (Å²) in [6.07, 6.45) is -0.964. The van der Waals surface area contributed by atoms with Crippen molar-refractivity contribution in [2.75, 3.05) is 12.3 Å². The SMILES string of the molecule is CCNCc1nc2c(N)nc3ccccc3c2n1C[C@@H](C)OP(=O)(N[C@@H](C)C(=O)OC(C)C)Oc1ccccc1. The number of para-hydroxylation sites is 2. The van der Waals surface area contributed by atoms with Crippen LogP contribution in [0.15, 0.2) is 54.6 Å². The van der Waals surface area contributed by atoms with Crippen LogP contribution in [0.4, 0.5) is 5.82 Å². The number of nitrogen functional groups attached to an aromatic ring is 1. The molecule has 0 fully saturated rings. The fraction of sp³-hybridized carbons (Fsp3) is 0.393. The molecule has 0 aliphatic carbocycles. The molecule has 12 heteroatoms. The van der Waals surface area contributed by atoms with E-state index in [0.717, 1.165) is 28.8 Å². The number of hydrogen-bond donors (Lipinski definition) is 3. The molecule has 0 aliphatic rings. The second-order valence-corrected chi connectivity index (χ2v) is 11.4. The molecule has 2 heterocycles. The highest BCUT2D eigenvalue weighted by atomic mass is 31.2. The minimum atomic E-state index is -4.06. The molecule has 2 aromatic heterocycles. The highest BCUT2D eigenvalue weighted by Gasteiger charge is 2.35. The summed E-state index contributed by atoms with van der Waals surface area (Å²) in [6.45, 7) is 10.4. The van der Waals surface area contributed by atoms with Crippen LogP contribution >= 0.6 is 7.75 Å². The van der Waals surface area contributed by atoms with Gasteiger partial charge in [-0.05, 0) is 52.4 Å². The summed E-state index contributed by atoms with van der Waals surface area (Å²) in [5.41, 5.74) is 8.46. The van der Waals surface area contributed by atoms with E-state index in [0.29, 0.717) is 23.6 Å². The number of nitrogens with two attached hydrogens (primary N) is 1. The second kappa shape index (κ2) is 12.8. The van der Waals surface area contributed by atoms with Gasteiger partial charge >= 0.3 is 13.7 Å². The van der Waals surface area contributed by atoms with Crippen molar-refractivity contribution in [3.63, 3.8) is 0 Å². The number of carbonyl (C=O) groups excluding carboxylic acids is 1. The average Bonchev–Trinajstić information content (AvgIpc) is 3.26. The molecule has 4 rings (SSSR count). The van der Waals surface area contributed by atoms with Gasteiger partial charge in [0.05, 0.1) is 36.3 Å². The lowest BCUT2D eigenvalue weighted by atomic mass is 10.2. The van der Waals surface area contributed by atoms with Gasteiger partial charge in [0.15, 0.2) is 5.82 Å². The van der Waals surface area contributed by atoms with E-state index in [2.05, 4.69) is 15.4 Å². The molecule has 0 saturated carbocycles. The molecule has 0 radical (unpaired) electrons. The molecule has 40 heavy (non-hydrogen) atoms. The van der Waals surface area contributed by atoms with Crippen LogP contribution < -0.4 is 20.7 Å². The topological polar surface area (TPSA) is 143 Å². The van der Waals surface area contributed by atoms with Gasteiger partial charge in [-0.15, -0.1) is 0 Å². The zero-order chi connectivity index (χ0) is 28.9. The Kier molecular flexibility index (Phi) is 9.42. The summed E-state index contributed by atoms with van der Waals surface area (Å²) in [5, 5.41) is 6.95. The number of aromatic nitrogens is 3. The maximum Gasteiger partial charge on any atom is 0.459 e. The van der Waals surface area contributed by atoms with E-state index >= 15 is 0 Å². The minimum absolute atomic E-state index is 0.277. The van der Waals surface area contributed by atoms with Gasteiger partial charge in [-0.2, -0.15) is 5.09 Å². The largest absolute Gasteiger partial charge is 0.462 e. The fourth-order valence-corrected chi connectivity index (χ4v) is 6.00. The normalized spacial score (nSPS) is 14.8. The predicted octanol–water partition coefficient (Wildman–Crippen LogP) is 4.80. The number of imidazole rings is 1. The van der Waals surface area contributed by atoms with Crippen LogP contribution in [0.5, 0.6) is 5.75 Å². The summed E-state index contributed by atoms with van der Waals surface area (Å²) >= 11 is 0. The molecule has 0 bridgehead atoms. The molecular formula is C28H37N6O5P. The average molecular weight is 569 g/mol. The molecule has 0 spiro atoms. The Morgan fingerprint density at radius 3 is 2.45 bits per heavy atom. The van der Waals surface area contributed by atoms with Crippen molar-refractivity contribution < 1.29 is 23.1 Å². The zero-order valence-electron chi connectivity index (χ0n) is 23.5. The first-order chi connectivity index (χ1) is 19.1. The van der Waals surface area contributed by atoms with Crippen molar-refractivity contribution >= 4 is 41.5 Å². The van der Waals surface area contributed by atoms with Crippen molar-refractivity contribution in [2.24, 2.45) is 0 Å². The number of rotatable bonds is 13. The van der Waals surface area contributed by atoms with E-state index in [9.17, 15) is 9.36 Å². The summed E-state index contributed by atoms with van der Waals surface area (Å²) in [4.78, 5) is 21.8. The Morgan fingerprint density at radius 2 is 1.75 bits per heavy atom. The molecule has 0 saturated heterocycles. The van der Waals surface area contributed by atoms with Crippen molar-refractivity contribution in [2.45, 2.75) is 66.0 Å². The first kappa shape index (κ1) is 29.5. The maximum absolute atomic E-state index is 14.1. The molecular weight excluding hydrogens is 531 g/mol. The Morgan fingerprint density at radius 1 is 1.05 bits per heavy atom. The molecule has 4 N–H and O–H groups in total. The van der Waals surface area contributed by atoms with Gasteiger partial charge < -0.3 is 24.9 Å². The highest BCUT2D eigenvalue weighted by Crippen LogP contribution is 2.46. The van der Waals surface area contributed by atoms with E-state index in [-0.39, 0.29) is 12.6 Å². The minimum Gasteiger partial charge on any atom is -0.462 e. The lowest BCUT2D eigenvalue weighted by molar-refractivity contribution is -0.149. The summed E-state index contributed by atoms with van der Waals surface area (Å²) < 4.78 is 33.3. The quantitative estimate of drug-likeness (QED) is 0.152. The summed E-state index contributed by atoms with van der Waals surface area (Å²) in [5.74, 6) is 0.834. The first-order valence-corrected chi connectivity index (χ1v) is 14.9. The van der Waals surface area contributed by atoms with Gasteiger partial charge in [-0.1, -0.05) is 43.3 Å². The van der Waals surface area contributed by atoms with Crippen LogP contribution in [0.2, 0.25) is 0 Å². The standard InChI is InChI=1S/C28H37N6O5P/c1-6-30-16-24-32-25-26(22-14-10-11-15-23(22)31-27(25)29)34(24)17-19(4)38-40(36,39-21-12-8-7-9-13-21)33-20(5)28(35)37-18(2)3/h7-15,18-20,30H,6,16-17H2,1-5H3,(H2,29,31)(H,33,36)/t19-,20+,40?/m1/s1. The van der Waals surface area contributed by atoms with Crippen molar-refractivity contribution in [1.82, 2.24) is 24.9 Å². The molecule has 1 unspecified atom stereocenters. The number of ether oxygens (including phenoxy) is 1. The van der Waals surface area contributed by atoms with Gasteiger partial charge in [0, 0.05) is 5.39 Å². The lowest BCUT2D eigenvalue weighted by Gasteiger charge is -2.26. The molecule has 0 amide bonds. The zero-order valence-corrected chi connectivity index (χ0v) is 24.4. The number of nitrogens with one attached hydrogen (secondary N) is 2. The second-order valence-electron chi connectivity index (χ2n) is 9.78. The third-order valence-corrected chi connectivity index (χ3v) is 7.80. The van der Waals surface area contributed by atoms with E-state index in [1.165, 1.54) is 0 Å². The Labute approximate surface area is 234 Å². The molecule has 214 valence electrons. The number of pyridine rings is 1. The number of hydrogen-bond acceptors (Lipinski definition) is 9. The number of carbonyl (C=O) groups is 1. The number of anilines is 1. The lowest BCUT2D eigenvalue weighted by Crippen LogP contribution is -2.37. The van der Waals surface area contributed by atoms with Gasteiger partial charge in [-0.25, -0.2) is 14.5 Å². The van der Waals surface area contributed by atoms with Crippen LogP contribution in [0.1, 0.15) is 40.4 Å². The van der Waals surface area contributed by atoms with Crippen LogP contribution in [-0.4, -0.2) is 45.3 Å². The Balaban J connectivity index is 1.68. The van der Waals surface area contributed by atoms with Gasteiger partial charge in [0.2, 0.25) is 0 Å². The number of fused-ring (bicyclic) bond motifs is 3. The van der Waals surface area contributed by atoms with Crippen molar-refractivity contribution in [1.29, 1.82) is 0 Å². The maximum atomic E-state index is 14.1. The van der Waals surface area contributed by atoms with Crippen LogP contribution in [0, 0.1) is 0 Å². The van der Waals surface area contributed by atoms with E-state index in [4.69, 9.17) is 24.5 Å². The Bertz CT molecular complexity index is 1510. The molecule has 4 aromatic rings. The number of nitrogens with zero attached hydrogens (tertiary/aromatic N) is 3. The first-order valence-electron chi connectivity index (χ1n) is 13.4. The number of esters is 1. The van der Waals surface area contributed by atoms with Gasteiger partial charge in [0.25, 0.3) is 0 Å². The van der Waals surface area contributed by atoms with E-state index < -0.39 is 25.9 Å². The molecule has 3 atom stereocenters. The number of benzene rings is 2. The highest BCUT2D eigenvalue weighted by molar-refractivity contribution is 7.52. The Hall–Kier alpha value is -3.50. The van der Waals surface area contributed by atoms with Crippen LogP contribution in [-0.2, 0) is 31.7 Å². The third kappa shape index (κ3) is 6.98.